The van der Waals surface area contributed by atoms with Gasteiger partial charge in [0.15, 0.2) is 5.58 Å². The lowest BCUT2D eigenvalue weighted by atomic mass is 9.92. The van der Waals surface area contributed by atoms with E-state index in [0.717, 1.165) is 11.1 Å². The minimum Gasteiger partial charge on any atom is -0.465 e. The zero-order chi connectivity index (χ0) is 20.2. The molecule has 2 N–H and O–H groups in total. The molecule has 0 saturated heterocycles. The average molecular weight is 384 g/mol. The third-order valence-electron chi connectivity index (χ3n) is 4.63. The van der Waals surface area contributed by atoms with Gasteiger partial charge in [-0.3, -0.25) is 4.98 Å². The fraction of sp³-hybridized carbons (Fsp3) is 0.0909. The maximum absolute atomic E-state index is 11.5. The summed E-state index contributed by atoms with van der Waals surface area (Å²) in [6, 6.07) is 19.5. The minimum absolute atomic E-state index is 0.324. The Bertz CT molecular complexity index is 1210. The predicted molar refractivity (Wildman–Crippen MR) is 106 cm³/mol. The minimum atomic E-state index is -1.16. The Hall–Kier alpha value is -4.18. The number of pyridine rings is 1. The summed E-state index contributed by atoms with van der Waals surface area (Å²) in [7, 11) is 0. The molecule has 2 heterocycles. The Morgan fingerprint density at radius 2 is 2.00 bits per heavy atom. The van der Waals surface area contributed by atoms with Crippen LogP contribution in [0.4, 0.5) is 4.79 Å². The molecule has 0 spiro atoms. The molecule has 4 rings (SSSR count). The van der Waals surface area contributed by atoms with Gasteiger partial charge in [0, 0.05) is 29.3 Å². The van der Waals surface area contributed by atoms with Crippen molar-refractivity contribution >= 4 is 17.1 Å². The average Bonchev–Trinajstić information content (AvgIpc) is 3.17. The normalized spacial score (nSPS) is 11.7. The molecule has 0 fully saturated rings. The van der Waals surface area contributed by atoms with Gasteiger partial charge in [-0.1, -0.05) is 29.4 Å². The van der Waals surface area contributed by atoms with E-state index in [-0.39, 0.29) is 0 Å². The van der Waals surface area contributed by atoms with E-state index in [1.165, 1.54) is 0 Å². The molecule has 29 heavy (non-hydrogen) atoms. The molecule has 7 heteroatoms. The van der Waals surface area contributed by atoms with Crippen LogP contribution in [0.25, 0.3) is 22.2 Å². The lowest BCUT2D eigenvalue weighted by Crippen LogP contribution is -2.29. The van der Waals surface area contributed by atoms with Crippen molar-refractivity contribution < 1.29 is 14.4 Å². The van der Waals surface area contributed by atoms with Crippen molar-refractivity contribution in [2.24, 2.45) is 0 Å². The monoisotopic (exact) mass is 384 g/mol. The molecule has 0 unspecified atom stereocenters. The molecule has 1 atom stereocenters. The number of hydrogen-bond donors (Lipinski definition) is 2. The van der Waals surface area contributed by atoms with Crippen molar-refractivity contribution in [3.05, 3.63) is 83.7 Å². The summed E-state index contributed by atoms with van der Waals surface area (Å²) < 4.78 is 5.43. The number of nitriles is 1. The summed E-state index contributed by atoms with van der Waals surface area (Å²) in [5.41, 5.74) is 3.71. The second kappa shape index (κ2) is 7.82. The van der Waals surface area contributed by atoms with Crippen LogP contribution in [-0.2, 0) is 6.42 Å². The Morgan fingerprint density at radius 3 is 2.76 bits per heavy atom. The molecule has 2 aromatic heterocycles. The van der Waals surface area contributed by atoms with Crippen LogP contribution in [0.2, 0.25) is 0 Å². The van der Waals surface area contributed by atoms with Crippen LogP contribution in [-0.4, -0.2) is 21.3 Å². The highest BCUT2D eigenvalue weighted by Crippen LogP contribution is 2.34. The molecule has 7 nitrogen and oxygen atoms in total. The summed E-state index contributed by atoms with van der Waals surface area (Å²) in [4.78, 5) is 15.8. The highest BCUT2D eigenvalue weighted by Gasteiger charge is 2.23. The van der Waals surface area contributed by atoms with Gasteiger partial charge in [0.05, 0.1) is 17.7 Å². The van der Waals surface area contributed by atoms with E-state index >= 15 is 0 Å². The van der Waals surface area contributed by atoms with Gasteiger partial charge in [0.1, 0.15) is 5.69 Å². The van der Waals surface area contributed by atoms with Crippen molar-refractivity contribution in [2.75, 3.05) is 0 Å². The second-order valence-corrected chi connectivity index (χ2v) is 6.47. The molecule has 0 saturated carbocycles. The summed E-state index contributed by atoms with van der Waals surface area (Å²) >= 11 is 0. The molecular weight excluding hydrogens is 368 g/mol. The summed E-state index contributed by atoms with van der Waals surface area (Å²) in [6.07, 6.45) is 0.819. The first kappa shape index (κ1) is 18.2. The molecule has 1 amide bonds. The molecule has 0 aliphatic heterocycles. The topological polar surface area (TPSA) is 112 Å². The smallest absolute Gasteiger partial charge is 0.405 e. The summed E-state index contributed by atoms with van der Waals surface area (Å²) in [5.74, 6) is 0. The predicted octanol–water partition coefficient (Wildman–Crippen LogP) is 4.31. The summed E-state index contributed by atoms with van der Waals surface area (Å²) in [6.45, 7) is 0. The highest BCUT2D eigenvalue weighted by molar-refractivity contribution is 5.92. The number of hydrogen-bond acceptors (Lipinski definition) is 5. The molecule has 4 aromatic rings. The quantitative estimate of drug-likeness (QED) is 0.530. The van der Waals surface area contributed by atoms with E-state index in [0.29, 0.717) is 34.4 Å². The van der Waals surface area contributed by atoms with Gasteiger partial charge in [0.2, 0.25) is 0 Å². The SMILES string of the molecule is N#Cc1ccc(-c2noc3ccccc23)c([C@H](Cc2ccccn2)NC(=O)O)c1. The van der Waals surface area contributed by atoms with Crippen molar-refractivity contribution in [1.82, 2.24) is 15.5 Å². The van der Waals surface area contributed by atoms with Gasteiger partial charge < -0.3 is 14.9 Å². The number of carboxylic acid groups (broad SMARTS) is 1. The third kappa shape index (κ3) is 3.77. The van der Waals surface area contributed by atoms with Crippen LogP contribution in [0.5, 0.6) is 0 Å². The molecule has 2 aromatic carbocycles. The van der Waals surface area contributed by atoms with E-state index in [1.54, 1.807) is 30.5 Å². The third-order valence-corrected chi connectivity index (χ3v) is 4.63. The van der Waals surface area contributed by atoms with Gasteiger partial charge in [-0.2, -0.15) is 5.26 Å². The first-order chi connectivity index (χ1) is 14.2. The molecule has 0 bridgehead atoms. The zero-order valence-electron chi connectivity index (χ0n) is 15.2. The molecule has 142 valence electrons. The molecule has 0 aliphatic rings. The number of carbonyl (C=O) groups is 1. The van der Waals surface area contributed by atoms with Crippen molar-refractivity contribution in [3.8, 4) is 17.3 Å². The Labute approximate surface area is 166 Å². The fourth-order valence-electron chi connectivity index (χ4n) is 3.33. The number of rotatable bonds is 5. The lowest BCUT2D eigenvalue weighted by Gasteiger charge is -2.20. The first-order valence-electron chi connectivity index (χ1n) is 8.94. The number of amides is 1. The van der Waals surface area contributed by atoms with E-state index in [4.69, 9.17) is 4.52 Å². The van der Waals surface area contributed by atoms with Crippen molar-refractivity contribution in [3.63, 3.8) is 0 Å². The number of nitrogens with zero attached hydrogens (tertiary/aromatic N) is 3. The van der Waals surface area contributed by atoms with E-state index < -0.39 is 12.1 Å². The molecular formula is C22H16N4O3. The van der Waals surface area contributed by atoms with Crippen LogP contribution in [0.15, 0.2) is 71.4 Å². The number of aromatic nitrogens is 2. The first-order valence-corrected chi connectivity index (χ1v) is 8.94. The van der Waals surface area contributed by atoms with Crippen LogP contribution < -0.4 is 5.32 Å². The van der Waals surface area contributed by atoms with E-state index in [1.807, 2.05) is 36.4 Å². The van der Waals surface area contributed by atoms with Crippen molar-refractivity contribution in [2.45, 2.75) is 12.5 Å². The Balaban J connectivity index is 1.87. The van der Waals surface area contributed by atoms with Gasteiger partial charge in [0.25, 0.3) is 0 Å². The fourth-order valence-corrected chi connectivity index (χ4v) is 3.33. The molecule has 0 radical (unpaired) electrons. The maximum Gasteiger partial charge on any atom is 0.405 e. The maximum atomic E-state index is 11.5. The van der Waals surface area contributed by atoms with Crippen LogP contribution in [0.1, 0.15) is 22.9 Å². The highest BCUT2D eigenvalue weighted by atomic mass is 16.5. The number of para-hydroxylation sites is 1. The number of benzene rings is 2. The number of nitrogens with one attached hydrogen (secondary N) is 1. The van der Waals surface area contributed by atoms with E-state index in [2.05, 4.69) is 21.5 Å². The van der Waals surface area contributed by atoms with Crippen LogP contribution >= 0.6 is 0 Å². The van der Waals surface area contributed by atoms with Crippen LogP contribution in [0, 0.1) is 11.3 Å². The molecule has 0 aliphatic carbocycles. The zero-order valence-corrected chi connectivity index (χ0v) is 15.2. The lowest BCUT2D eigenvalue weighted by molar-refractivity contribution is 0.189. The van der Waals surface area contributed by atoms with Gasteiger partial charge in [-0.05, 0) is 42.0 Å². The van der Waals surface area contributed by atoms with Gasteiger partial charge >= 0.3 is 6.09 Å². The van der Waals surface area contributed by atoms with Gasteiger partial charge in [-0.25, -0.2) is 4.79 Å². The summed E-state index contributed by atoms with van der Waals surface area (Å²) in [5, 5.41) is 26.4. The van der Waals surface area contributed by atoms with Crippen molar-refractivity contribution in [1.29, 1.82) is 5.26 Å². The Kier molecular flexibility index (Phi) is 4.91. The number of fused-ring (bicyclic) bond motifs is 1. The second-order valence-electron chi connectivity index (χ2n) is 6.47. The van der Waals surface area contributed by atoms with Gasteiger partial charge in [-0.15, -0.1) is 0 Å². The van der Waals surface area contributed by atoms with Crippen LogP contribution in [0.3, 0.4) is 0 Å². The largest absolute Gasteiger partial charge is 0.465 e. The van der Waals surface area contributed by atoms with E-state index in [9.17, 15) is 15.2 Å². The Morgan fingerprint density at radius 1 is 1.17 bits per heavy atom. The standard InChI is InChI=1S/C22H16N4O3/c23-13-14-8-9-16(21-17-6-1-2-7-20(17)29-26-21)18(11-14)19(25-22(27)28)12-15-5-3-4-10-24-15/h1-11,19,25H,12H2,(H,27,28)/t19-/m0/s1.